The number of nitrogens with one attached hydrogen (secondary N) is 1. The molecule has 0 spiro atoms. The van der Waals surface area contributed by atoms with Gasteiger partial charge in [-0.3, -0.25) is 9.59 Å². The quantitative estimate of drug-likeness (QED) is 0.817. The van der Waals surface area contributed by atoms with E-state index < -0.39 is 5.91 Å². The van der Waals surface area contributed by atoms with E-state index in [0.717, 1.165) is 25.8 Å². The number of anilines is 1. The lowest BCUT2D eigenvalue weighted by Crippen LogP contribution is -2.55. The Morgan fingerprint density at radius 3 is 2.65 bits per heavy atom. The van der Waals surface area contributed by atoms with Gasteiger partial charge in [0.15, 0.2) is 0 Å². The summed E-state index contributed by atoms with van der Waals surface area (Å²) in [5.41, 5.74) is 5.85. The largest absolute Gasteiger partial charge is 0.365 e. The Bertz CT molecular complexity index is 578. The van der Waals surface area contributed by atoms with Crippen LogP contribution in [0.25, 0.3) is 0 Å². The number of amides is 2. The SMILES string of the molecule is NC(=O)c1cccnc1N1CCN(C(=O)[C@H]2CCCCN2)CC1. The van der Waals surface area contributed by atoms with Crippen LogP contribution in [0.15, 0.2) is 18.3 Å². The molecular weight excluding hydrogens is 294 g/mol. The van der Waals surface area contributed by atoms with Crippen LogP contribution in [0.4, 0.5) is 5.82 Å². The lowest BCUT2D eigenvalue weighted by atomic mass is 10.0. The summed E-state index contributed by atoms with van der Waals surface area (Å²) in [5.74, 6) is 0.335. The molecule has 0 aliphatic carbocycles. The molecule has 1 aromatic heterocycles. The van der Waals surface area contributed by atoms with Gasteiger partial charge in [0, 0.05) is 32.4 Å². The lowest BCUT2D eigenvalue weighted by molar-refractivity contribution is -0.134. The molecule has 2 amide bonds. The van der Waals surface area contributed by atoms with Gasteiger partial charge in [-0.1, -0.05) is 6.42 Å². The summed E-state index contributed by atoms with van der Waals surface area (Å²) in [7, 11) is 0. The van der Waals surface area contributed by atoms with Gasteiger partial charge < -0.3 is 20.9 Å². The Kier molecular flexibility index (Phi) is 4.76. The van der Waals surface area contributed by atoms with Crippen molar-refractivity contribution in [3.8, 4) is 0 Å². The molecule has 1 aromatic rings. The number of pyridine rings is 1. The van der Waals surface area contributed by atoms with Crippen LogP contribution in [0.3, 0.4) is 0 Å². The number of carbonyl (C=O) groups excluding carboxylic acids is 2. The van der Waals surface area contributed by atoms with E-state index >= 15 is 0 Å². The highest BCUT2D eigenvalue weighted by molar-refractivity contribution is 5.97. The first kappa shape index (κ1) is 15.7. The number of piperidine rings is 1. The maximum atomic E-state index is 12.5. The van der Waals surface area contributed by atoms with Crippen LogP contribution in [0.5, 0.6) is 0 Å². The van der Waals surface area contributed by atoms with E-state index in [9.17, 15) is 9.59 Å². The molecule has 0 saturated carbocycles. The van der Waals surface area contributed by atoms with Crippen molar-refractivity contribution >= 4 is 17.6 Å². The second-order valence-corrected chi connectivity index (χ2v) is 6.05. The molecule has 124 valence electrons. The smallest absolute Gasteiger partial charge is 0.252 e. The summed E-state index contributed by atoms with van der Waals surface area (Å²) in [6.07, 6.45) is 4.84. The Labute approximate surface area is 135 Å². The molecule has 0 aromatic carbocycles. The van der Waals surface area contributed by atoms with Crippen LogP contribution < -0.4 is 16.0 Å². The maximum Gasteiger partial charge on any atom is 0.252 e. The van der Waals surface area contributed by atoms with Crippen LogP contribution in [0.2, 0.25) is 0 Å². The van der Waals surface area contributed by atoms with Crippen LogP contribution in [0.1, 0.15) is 29.6 Å². The fourth-order valence-electron chi connectivity index (χ4n) is 3.26. The number of primary amides is 1. The Balaban J connectivity index is 1.62. The Morgan fingerprint density at radius 2 is 2.00 bits per heavy atom. The number of nitrogens with zero attached hydrogens (tertiary/aromatic N) is 3. The van der Waals surface area contributed by atoms with Gasteiger partial charge >= 0.3 is 0 Å². The fraction of sp³-hybridized carbons (Fsp3) is 0.562. The summed E-state index contributed by atoms with van der Waals surface area (Å²) in [4.78, 5) is 32.3. The zero-order valence-corrected chi connectivity index (χ0v) is 13.2. The number of nitrogens with two attached hydrogens (primary N) is 1. The van der Waals surface area contributed by atoms with Gasteiger partial charge in [-0.2, -0.15) is 0 Å². The lowest BCUT2D eigenvalue weighted by Gasteiger charge is -2.38. The first-order chi connectivity index (χ1) is 11.2. The summed E-state index contributed by atoms with van der Waals surface area (Å²) in [6, 6.07) is 3.36. The summed E-state index contributed by atoms with van der Waals surface area (Å²) in [5, 5.41) is 3.30. The van der Waals surface area contributed by atoms with Gasteiger partial charge in [-0.05, 0) is 31.5 Å². The van der Waals surface area contributed by atoms with Gasteiger partial charge in [0.25, 0.3) is 5.91 Å². The van der Waals surface area contributed by atoms with Crippen LogP contribution in [-0.4, -0.2) is 60.5 Å². The zero-order chi connectivity index (χ0) is 16.2. The predicted octanol–water partition coefficient (Wildman–Crippen LogP) is -0.0288. The third-order valence-corrected chi connectivity index (χ3v) is 4.55. The zero-order valence-electron chi connectivity index (χ0n) is 13.2. The molecule has 0 bridgehead atoms. The minimum atomic E-state index is -0.474. The van der Waals surface area contributed by atoms with Gasteiger partial charge in [-0.25, -0.2) is 4.98 Å². The van der Waals surface area contributed by atoms with Gasteiger partial charge in [0.1, 0.15) is 5.82 Å². The molecule has 2 aliphatic heterocycles. The van der Waals surface area contributed by atoms with Crippen molar-refractivity contribution in [1.82, 2.24) is 15.2 Å². The van der Waals surface area contributed by atoms with Gasteiger partial charge in [-0.15, -0.1) is 0 Å². The van der Waals surface area contributed by atoms with Crippen molar-refractivity contribution < 1.29 is 9.59 Å². The molecule has 1 atom stereocenters. The van der Waals surface area contributed by atoms with Crippen molar-refractivity contribution in [1.29, 1.82) is 0 Å². The van der Waals surface area contributed by atoms with Gasteiger partial charge in [0.2, 0.25) is 5.91 Å². The van der Waals surface area contributed by atoms with Crippen molar-refractivity contribution in [3.05, 3.63) is 23.9 Å². The number of rotatable bonds is 3. The molecular formula is C16H23N5O2. The molecule has 7 nitrogen and oxygen atoms in total. The molecule has 2 fully saturated rings. The molecule has 3 N–H and O–H groups in total. The van der Waals surface area contributed by atoms with Crippen LogP contribution in [0, 0.1) is 0 Å². The third-order valence-electron chi connectivity index (χ3n) is 4.55. The number of hydrogen-bond donors (Lipinski definition) is 2. The van der Waals surface area contributed by atoms with Gasteiger partial charge in [0.05, 0.1) is 11.6 Å². The molecule has 0 unspecified atom stereocenters. The molecule has 3 rings (SSSR count). The molecule has 0 radical (unpaired) electrons. The number of aromatic nitrogens is 1. The Morgan fingerprint density at radius 1 is 1.22 bits per heavy atom. The topological polar surface area (TPSA) is 91.6 Å². The van der Waals surface area contributed by atoms with Crippen molar-refractivity contribution in [2.45, 2.75) is 25.3 Å². The van der Waals surface area contributed by atoms with Crippen molar-refractivity contribution in [3.63, 3.8) is 0 Å². The number of carbonyl (C=O) groups is 2. The van der Waals surface area contributed by atoms with E-state index in [1.165, 1.54) is 0 Å². The highest BCUT2D eigenvalue weighted by Crippen LogP contribution is 2.19. The molecule has 2 aliphatic rings. The summed E-state index contributed by atoms with van der Waals surface area (Å²) < 4.78 is 0. The highest BCUT2D eigenvalue weighted by atomic mass is 16.2. The second kappa shape index (κ2) is 6.95. The highest BCUT2D eigenvalue weighted by Gasteiger charge is 2.29. The van der Waals surface area contributed by atoms with E-state index in [2.05, 4.69) is 10.3 Å². The fourth-order valence-corrected chi connectivity index (χ4v) is 3.26. The van der Waals surface area contributed by atoms with Crippen LogP contribution >= 0.6 is 0 Å². The average Bonchev–Trinajstić information content (AvgIpc) is 2.62. The van der Waals surface area contributed by atoms with Crippen molar-refractivity contribution in [2.75, 3.05) is 37.6 Å². The first-order valence-electron chi connectivity index (χ1n) is 8.19. The first-order valence-corrected chi connectivity index (χ1v) is 8.19. The molecule has 2 saturated heterocycles. The normalized spacial score (nSPS) is 22.0. The number of piperazine rings is 1. The maximum absolute atomic E-state index is 12.5. The standard InChI is InChI=1S/C16H23N5O2/c17-14(22)12-4-3-7-19-15(12)20-8-10-21(11-9-20)16(23)13-5-1-2-6-18-13/h3-4,7,13,18H,1-2,5-6,8-11H2,(H2,17,22)/t13-/m1/s1. The van der Waals surface area contributed by atoms with E-state index in [-0.39, 0.29) is 11.9 Å². The molecule has 7 heteroatoms. The average molecular weight is 317 g/mol. The third kappa shape index (κ3) is 3.44. The van der Waals surface area contributed by atoms with Crippen molar-refractivity contribution in [2.24, 2.45) is 5.73 Å². The minimum Gasteiger partial charge on any atom is -0.365 e. The monoisotopic (exact) mass is 317 g/mol. The van der Waals surface area contributed by atoms with E-state index in [1.807, 2.05) is 9.80 Å². The van der Waals surface area contributed by atoms with Crippen LogP contribution in [-0.2, 0) is 4.79 Å². The molecule has 3 heterocycles. The van der Waals surface area contributed by atoms with E-state index in [1.54, 1.807) is 18.3 Å². The summed E-state index contributed by atoms with van der Waals surface area (Å²) in [6.45, 7) is 3.54. The van der Waals surface area contributed by atoms with E-state index in [0.29, 0.717) is 37.6 Å². The summed E-state index contributed by atoms with van der Waals surface area (Å²) >= 11 is 0. The Hall–Kier alpha value is -2.15. The number of hydrogen-bond acceptors (Lipinski definition) is 5. The second-order valence-electron chi connectivity index (χ2n) is 6.05. The molecule has 23 heavy (non-hydrogen) atoms. The van der Waals surface area contributed by atoms with E-state index in [4.69, 9.17) is 5.73 Å². The minimum absolute atomic E-state index is 0.0358. The predicted molar refractivity (Wildman–Crippen MR) is 87.2 cm³/mol.